The molecule has 3 aromatic rings. The minimum Gasteiger partial charge on any atom is -0.474 e. The van der Waals surface area contributed by atoms with E-state index in [9.17, 15) is 4.79 Å². The first-order chi connectivity index (χ1) is 15.9. The van der Waals surface area contributed by atoms with Crippen LogP contribution in [0.2, 0.25) is 5.02 Å². The second kappa shape index (κ2) is 10.2. The highest BCUT2D eigenvalue weighted by Crippen LogP contribution is 2.31. The Kier molecular flexibility index (Phi) is 7.13. The predicted molar refractivity (Wildman–Crippen MR) is 125 cm³/mol. The van der Waals surface area contributed by atoms with Crippen molar-refractivity contribution in [2.24, 2.45) is 5.92 Å². The lowest BCUT2D eigenvalue weighted by molar-refractivity contribution is -0.147. The SMILES string of the molecule is CCOC(=O)[C@@H]1CC[C@H](Nc2ccc(-c3noc(-c4cnc(OC(C)C)c(Cl)c4)n3)cc2)C1. The molecular formula is C24H27ClN4O4. The maximum Gasteiger partial charge on any atom is 0.308 e. The van der Waals surface area contributed by atoms with E-state index in [-0.39, 0.29) is 24.0 Å². The van der Waals surface area contributed by atoms with Crippen molar-refractivity contribution in [2.45, 2.75) is 52.2 Å². The number of nitrogens with zero attached hydrogens (tertiary/aromatic N) is 3. The molecule has 1 N–H and O–H groups in total. The first-order valence-corrected chi connectivity index (χ1v) is 11.5. The molecule has 0 amide bonds. The van der Waals surface area contributed by atoms with Gasteiger partial charge in [0.2, 0.25) is 11.7 Å². The average molecular weight is 471 g/mol. The van der Waals surface area contributed by atoms with E-state index >= 15 is 0 Å². The average Bonchev–Trinajstić information content (AvgIpc) is 3.46. The number of anilines is 1. The standard InChI is InChI=1S/C24H27ClN4O4/c1-4-31-24(30)16-7-10-19(11-16)27-18-8-5-15(6-9-18)21-28-22(33-29-21)17-12-20(25)23(26-13-17)32-14(2)3/h5-6,8-9,12-14,16,19,27H,4,7,10-11H2,1-3H3/t16-,19+/m1/s1. The third-order valence-electron chi connectivity index (χ3n) is 5.39. The van der Waals surface area contributed by atoms with Crippen LogP contribution in [0.3, 0.4) is 0 Å². The van der Waals surface area contributed by atoms with Crippen molar-refractivity contribution in [1.82, 2.24) is 15.1 Å². The monoisotopic (exact) mass is 470 g/mol. The number of hydrogen-bond donors (Lipinski definition) is 1. The van der Waals surface area contributed by atoms with Gasteiger partial charge in [-0.15, -0.1) is 0 Å². The van der Waals surface area contributed by atoms with Gasteiger partial charge in [-0.2, -0.15) is 4.98 Å². The predicted octanol–water partition coefficient (Wildman–Crippen LogP) is 5.38. The number of pyridine rings is 1. The summed E-state index contributed by atoms with van der Waals surface area (Å²) < 4.78 is 16.1. The Labute approximate surface area is 197 Å². The first kappa shape index (κ1) is 23.0. The molecule has 1 saturated carbocycles. The molecule has 4 rings (SSSR count). The summed E-state index contributed by atoms with van der Waals surface area (Å²) in [6.45, 7) is 6.07. The van der Waals surface area contributed by atoms with Crippen LogP contribution in [0, 0.1) is 5.92 Å². The van der Waals surface area contributed by atoms with Crippen molar-refractivity contribution < 1.29 is 18.8 Å². The molecule has 0 aliphatic heterocycles. The van der Waals surface area contributed by atoms with Crippen molar-refractivity contribution >= 4 is 23.3 Å². The minimum absolute atomic E-state index is 0.0199. The van der Waals surface area contributed by atoms with Gasteiger partial charge in [-0.25, -0.2) is 4.98 Å². The van der Waals surface area contributed by atoms with Crippen LogP contribution in [-0.4, -0.2) is 39.8 Å². The van der Waals surface area contributed by atoms with Crippen LogP contribution < -0.4 is 10.1 Å². The van der Waals surface area contributed by atoms with Gasteiger partial charge in [0, 0.05) is 23.5 Å². The second-order valence-electron chi connectivity index (χ2n) is 8.28. The van der Waals surface area contributed by atoms with E-state index in [0.717, 1.165) is 30.5 Å². The number of carbonyl (C=O) groups excluding carboxylic acids is 1. The van der Waals surface area contributed by atoms with Crippen LogP contribution in [-0.2, 0) is 9.53 Å². The number of aromatic nitrogens is 3. The fraction of sp³-hybridized carbons (Fsp3) is 0.417. The Hall–Kier alpha value is -3.13. The molecule has 1 aliphatic carbocycles. The van der Waals surface area contributed by atoms with Crippen LogP contribution >= 0.6 is 11.6 Å². The van der Waals surface area contributed by atoms with Crippen LogP contribution in [0.4, 0.5) is 5.69 Å². The van der Waals surface area contributed by atoms with Gasteiger partial charge in [0.25, 0.3) is 5.89 Å². The molecule has 8 nitrogen and oxygen atoms in total. The second-order valence-corrected chi connectivity index (χ2v) is 8.69. The summed E-state index contributed by atoms with van der Waals surface area (Å²) in [6.07, 6.45) is 4.15. The van der Waals surface area contributed by atoms with Crippen LogP contribution in [0.1, 0.15) is 40.0 Å². The zero-order valence-corrected chi connectivity index (χ0v) is 19.6. The molecule has 2 atom stereocenters. The molecule has 0 spiro atoms. The molecule has 0 bridgehead atoms. The molecule has 1 aliphatic rings. The van der Waals surface area contributed by atoms with Crippen LogP contribution in [0.5, 0.6) is 5.88 Å². The highest BCUT2D eigenvalue weighted by atomic mass is 35.5. The molecule has 33 heavy (non-hydrogen) atoms. The lowest BCUT2D eigenvalue weighted by Crippen LogP contribution is -2.19. The maximum absolute atomic E-state index is 11.9. The van der Waals surface area contributed by atoms with Gasteiger partial charge in [0.05, 0.1) is 24.2 Å². The molecule has 9 heteroatoms. The number of carbonyl (C=O) groups is 1. The van der Waals surface area contributed by atoms with Crippen molar-refractivity contribution in [2.75, 3.05) is 11.9 Å². The van der Waals surface area contributed by atoms with Gasteiger partial charge < -0.3 is 19.3 Å². The van der Waals surface area contributed by atoms with E-state index in [2.05, 4.69) is 20.4 Å². The van der Waals surface area contributed by atoms with Gasteiger partial charge in [-0.3, -0.25) is 4.79 Å². The zero-order valence-electron chi connectivity index (χ0n) is 18.9. The Morgan fingerprint density at radius 3 is 2.73 bits per heavy atom. The number of hydrogen-bond acceptors (Lipinski definition) is 8. The molecule has 0 radical (unpaired) electrons. The maximum atomic E-state index is 11.9. The van der Waals surface area contributed by atoms with Gasteiger partial charge in [0.15, 0.2) is 0 Å². The fourth-order valence-corrected chi connectivity index (χ4v) is 4.06. The summed E-state index contributed by atoms with van der Waals surface area (Å²) >= 11 is 6.27. The van der Waals surface area contributed by atoms with E-state index in [4.69, 9.17) is 25.6 Å². The molecule has 0 unspecified atom stereocenters. The molecule has 1 aromatic carbocycles. The zero-order chi connectivity index (χ0) is 23.4. The third-order valence-corrected chi connectivity index (χ3v) is 5.66. The Bertz CT molecular complexity index is 1100. The molecule has 2 heterocycles. The molecule has 2 aromatic heterocycles. The smallest absolute Gasteiger partial charge is 0.308 e. The van der Waals surface area contributed by atoms with Gasteiger partial charge in [-0.1, -0.05) is 16.8 Å². The van der Waals surface area contributed by atoms with Gasteiger partial charge in [-0.05, 0) is 70.4 Å². The van der Waals surface area contributed by atoms with Crippen LogP contribution in [0.15, 0.2) is 41.1 Å². The van der Waals surface area contributed by atoms with Crippen molar-refractivity contribution in [3.05, 3.63) is 41.6 Å². The number of halogens is 1. The van der Waals surface area contributed by atoms with Crippen molar-refractivity contribution in [3.63, 3.8) is 0 Å². The fourth-order valence-electron chi connectivity index (χ4n) is 3.85. The summed E-state index contributed by atoms with van der Waals surface area (Å²) in [5, 5.41) is 7.96. The first-order valence-electron chi connectivity index (χ1n) is 11.1. The number of ether oxygens (including phenoxy) is 2. The van der Waals surface area contributed by atoms with Gasteiger partial charge >= 0.3 is 5.97 Å². The molecular weight excluding hydrogens is 444 g/mol. The summed E-state index contributed by atoms with van der Waals surface area (Å²) in [6, 6.07) is 9.75. The van der Waals surface area contributed by atoms with E-state index in [1.54, 1.807) is 12.3 Å². The van der Waals surface area contributed by atoms with Gasteiger partial charge in [0.1, 0.15) is 5.02 Å². The summed E-state index contributed by atoms with van der Waals surface area (Å²) in [4.78, 5) is 20.7. The lowest BCUT2D eigenvalue weighted by atomic mass is 10.1. The molecule has 1 fully saturated rings. The number of nitrogens with one attached hydrogen (secondary N) is 1. The summed E-state index contributed by atoms with van der Waals surface area (Å²) in [7, 11) is 0. The molecule has 0 saturated heterocycles. The summed E-state index contributed by atoms with van der Waals surface area (Å²) in [5.41, 5.74) is 2.42. The highest BCUT2D eigenvalue weighted by Gasteiger charge is 2.30. The lowest BCUT2D eigenvalue weighted by Gasteiger charge is -2.14. The highest BCUT2D eigenvalue weighted by molar-refractivity contribution is 6.32. The minimum atomic E-state index is -0.0939. The number of esters is 1. The molecule has 174 valence electrons. The topological polar surface area (TPSA) is 99.4 Å². The largest absolute Gasteiger partial charge is 0.474 e. The third kappa shape index (κ3) is 5.63. The Balaban J connectivity index is 1.39. The van der Waals surface area contributed by atoms with E-state index in [1.165, 1.54) is 0 Å². The van der Waals surface area contributed by atoms with E-state index in [1.807, 2.05) is 45.0 Å². The quantitative estimate of drug-likeness (QED) is 0.438. The van der Waals surface area contributed by atoms with Crippen molar-refractivity contribution in [3.8, 4) is 28.7 Å². The number of rotatable bonds is 8. The van der Waals surface area contributed by atoms with Crippen LogP contribution in [0.25, 0.3) is 22.8 Å². The Morgan fingerprint density at radius 1 is 1.24 bits per heavy atom. The Morgan fingerprint density at radius 2 is 2.03 bits per heavy atom. The number of benzene rings is 1. The van der Waals surface area contributed by atoms with E-state index < -0.39 is 0 Å². The van der Waals surface area contributed by atoms with Crippen molar-refractivity contribution in [1.29, 1.82) is 0 Å². The summed E-state index contributed by atoms with van der Waals surface area (Å²) in [5.74, 6) is 1.05. The van der Waals surface area contributed by atoms with E-state index in [0.29, 0.717) is 34.8 Å². The normalized spacial score (nSPS) is 17.8.